The molecule has 0 radical (unpaired) electrons. The minimum Gasteiger partial charge on any atom is -0.469 e. The number of benzene rings is 1. The first-order valence-corrected chi connectivity index (χ1v) is 5.73. The summed E-state index contributed by atoms with van der Waals surface area (Å²) in [7, 11) is 1.39. The number of rotatable bonds is 4. The molecular weight excluding hydrogens is 216 g/mol. The predicted octanol–water partition coefficient (Wildman–Crippen LogP) is 0.763. The second kappa shape index (κ2) is 4.85. The second-order valence-corrected chi connectivity index (χ2v) is 4.75. The molecule has 1 aromatic carbocycles. The maximum atomic E-state index is 11.2. The van der Waals surface area contributed by atoms with Gasteiger partial charge >= 0.3 is 5.97 Å². The first kappa shape index (κ1) is 12.1. The smallest absolute Gasteiger partial charge is 0.307 e. The molecule has 0 bridgehead atoms. The molecule has 4 nitrogen and oxygen atoms in total. The molecule has 0 spiro atoms. The van der Waals surface area contributed by atoms with E-state index in [0.29, 0.717) is 6.42 Å². The number of nitrogens with zero attached hydrogens (tertiary/aromatic N) is 1. The first-order chi connectivity index (χ1) is 8.11. The Morgan fingerprint density at radius 2 is 2.06 bits per heavy atom. The summed E-state index contributed by atoms with van der Waals surface area (Å²) in [5.74, 6) is -0.230. The molecular formula is C13H18N2O2. The van der Waals surface area contributed by atoms with E-state index >= 15 is 0 Å². The largest absolute Gasteiger partial charge is 0.469 e. The number of hydrogen-bond donors (Lipinski definition) is 1. The van der Waals surface area contributed by atoms with E-state index in [1.54, 1.807) is 0 Å². The maximum Gasteiger partial charge on any atom is 0.307 e. The third-order valence-corrected chi connectivity index (χ3v) is 3.05. The molecule has 1 aliphatic heterocycles. The molecule has 0 aromatic heterocycles. The predicted molar refractivity (Wildman–Crippen MR) is 65.3 cm³/mol. The van der Waals surface area contributed by atoms with Gasteiger partial charge in [0.05, 0.1) is 19.1 Å². The van der Waals surface area contributed by atoms with E-state index in [9.17, 15) is 4.79 Å². The van der Waals surface area contributed by atoms with Crippen LogP contribution in [0, 0.1) is 0 Å². The molecule has 2 rings (SSSR count). The minimum absolute atomic E-state index is 0.230. The highest BCUT2D eigenvalue weighted by Gasteiger charge is 2.41. The molecule has 0 unspecified atom stereocenters. The summed E-state index contributed by atoms with van der Waals surface area (Å²) in [6, 6.07) is 10.2. The number of methoxy groups -OCH3 is 1. The minimum atomic E-state index is -0.401. The van der Waals surface area contributed by atoms with Gasteiger partial charge in [-0.15, -0.1) is 0 Å². The van der Waals surface area contributed by atoms with E-state index < -0.39 is 5.54 Å². The van der Waals surface area contributed by atoms with Crippen molar-refractivity contribution in [2.24, 2.45) is 5.73 Å². The fourth-order valence-corrected chi connectivity index (χ4v) is 2.27. The van der Waals surface area contributed by atoms with E-state index in [-0.39, 0.29) is 5.97 Å². The van der Waals surface area contributed by atoms with Gasteiger partial charge in [0, 0.05) is 19.6 Å². The molecule has 1 aromatic rings. The van der Waals surface area contributed by atoms with Gasteiger partial charge in [-0.25, -0.2) is 0 Å². The number of carbonyl (C=O) groups excluding carboxylic acids is 1. The van der Waals surface area contributed by atoms with Crippen molar-refractivity contribution >= 4 is 5.97 Å². The van der Waals surface area contributed by atoms with Crippen molar-refractivity contribution in [3.8, 4) is 0 Å². The van der Waals surface area contributed by atoms with Crippen LogP contribution < -0.4 is 5.73 Å². The topological polar surface area (TPSA) is 55.6 Å². The fraction of sp³-hybridized carbons (Fsp3) is 0.462. The molecule has 1 saturated heterocycles. The highest BCUT2D eigenvalue weighted by atomic mass is 16.5. The van der Waals surface area contributed by atoms with Crippen LogP contribution in [-0.4, -0.2) is 36.6 Å². The zero-order valence-corrected chi connectivity index (χ0v) is 10.1. The van der Waals surface area contributed by atoms with Crippen LogP contribution in [0.15, 0.2) is 30.3 Å². The Labute approximate surface area is 101 Å². The van der Waals surface area contributed by atoms with E-state index in [4.69, 9.17) is 5.73 Å². The third-order valence-electron chi connectivity index (χ3n) is 3.05. The molecule has 2 N–H and O–H groups in total. The highest BCUT2D eigenvalue weighted by Crippen LogP contribution is 2.24. The molecule has 0 aliphatic carbocycles. The molecule has 0 amide bonds. The van der Waals surface area contributed by atoms with Crippen LogP contribution in [0.5, 0.6) is 0 Å². The second-order valence-electron chi connectivity index (χ2n) is 4.75. The number of likely N-dealkylation sites (tertiary alicyclic amines) is 1. The molecule has 17 heavy (non-hydrogen) atoms. The lowest BCUT2D eigenvalue weighted by molar-refractivity contribution is -0.143. The zero-order valence-electron chi connectivity index (χ0n) is 10.1. The van der Waals surface area contributed by atoms with Crippen molar-refractivity contribution in [3.63, 3.8) is 0 Å². The van der Waals surface area contributed by atoms with Gasteiger partial charge < -0.3 is 10.5 Å². The highest BCUT2D eigenvalue weighted by molar-refractivity contribution is 5.71. The Hall–Kier alpha value is -1.39. The monoisotopic (exact) mass is 234 g/mol. The summed E-state index contributed by atoms with van der Waals surface area (Å²) in [6.45, 7) is 2.38. The van der Waals surface area contributed by atoms with E-state index in [0.717, 1.165) is 19.6 Å². The van der Waals surface area contributed by atoms with Gasteiger partial charge in [-0.1, -0.05) is 30.3 Å². The van der Waals surface area contributed by atoms with Crippen LogP contribution in [0.4, 0.5) is 0 Å². The number of carbonyl (C=O) groups is 1. The quantitative estimate of drug-likeness (QED) is 0.782. The molecule has 0 atom stereocenters. The van der Waals surface area contributed by atoms with Crippen molar-refractivity contribution in [2.45, 2.75) is 18.5 Å². The maximum absolute atomic E-state index is 11.2. The lowest BCUT2D eigenvalue weighted by Crippen LogP contribution is -2.67. The standard InChI is InChI=1S/C13H18N2O2/c1-17-12(16)7-13(14)9-15(10-13)8-11-5-3-2-4-6-11/h2-6H,7-10,14H2,1H3. The lowest BCUT2D eigenvalue weighted by Gasteiger charge is -2.47. The fourth-order valence-electron chi connectivity index (χ4n) is 2.27. The normalized spacial score (nSPS) is 18.5. The van der Waals surface area contributed by atoms with Gasteiger partial charge in [0.2, 0.25) is 0 Å². The van der Waals surface area contributed by atoms with Gasteiger partial charge in [-0.3, -0.25) is 9.69 Å². The third kappa shape index (κ3) is 3.05. The first-order valence-electron chi connectivity index (χ1n) is 5.73. The Kier molecular flexibility index (Phi) is 3.45. The number of esters is 1. The van der Waals surface area contributed by atoms with Gasteiger partial charge in [0.1, 0.15) is 0 Å². The van der Waals surface area contributed by atoms with Gasteiger partial charge in [-0.2, -0.15) is 0 Å². The van der Waals surface area contributed by atoms with E-state index in [1.165, 1.54) is 12.7 Å². The van der Waals surface area contributed by atoms with Crippen molar-refractivity contribution < 1.29 is 9.53 Å². The van der Waals surface area contributed by atoms with Crippen molar-refractivity contribution in [1.29, 1.82) is 0 Å². The van der Waals surface area contributed by atoms with E-state index in [1.807, 2.05) is 18.2 Å². The summed E-state index contributed by atoms with van der Waals surface area (Å²) in [5, 5.41) is 0. The van der Waals surface area contributed by atoms with Crippen LogP contribution in [0.2, 0.25) is 0 Å². The number of ether oxygens (including phenoxy) is 1. The van der Waals surface area contributed by atoms with Crippen LogP contribution in [0.1, 0.15) is 12.0 Å². The molecule has 92 valence electrons. The van der Waals surface area contributed by atoms with Crippen LogP contribution >= 0.6 is 0 Å². The summed E-state index contributed by atoms with van der Waals surface area (Å²) >= 11 is 0. The Morgan fingerprint density at radius 3 is 2.65 bits per heavy atom. The summed E-state index contributed by atoms with van der Waals surface area (Å²) in [4.78, 5) is 13.4. The molecule has 1 fully saturated rings. The summed E-state index contributed by atoms with van der Waals surface area (Å²) in [5.41, 5.74) is 6.95. The SMILES string of the molecule is COC(=O)CC1(N)CN(Cc2ccccc2)C1. The Bertz CT molecular complexity index is 386. The average Bonchev–Trinajstić information content (AvgIpc) is 2.28. The summed E-state index contributed by atoms with van der Waals surface area (Å²) < 4.78 is 4.64. The van der Waals surface area contributed by atoms with E-state index in [2.05, 4.69) is 21.8 Å². The number of nitrogens with two attached hydrogens (primary N) is 1. The van der Waals surface area contributed by atoms with Crippen LogP contribution in [0.3, 0.4) is 0 Å². The lowest BCUT2D eigenvalue weighted by atomic mass is 9.87. The van der Waals surface area contributed by atoms with Crippen molar-refractivity contribution in [1.82, 2.24) is 4.90 Å². The Morgan fingerprint density at radius 1 is 1.41 bits per heavy atom. The van der Waals surface area contributed by atoms with Gasteiger partial charge in [0.25, 0.3) is 0 Å². The number of hydrogen-bond acceptors (Lipinski definition) is 4. The molecule has 1 heterocycles. The molecule has 0 saturated carbocycles. The van der Waals surface area contributed by atoms with Gasteiger partial charge in [0.15, 0.2) is 0 Å². The average molecular weight is 234 g/mol. The molecule has 1 aliphatic rings. The molecule has 4 heteroatoms. The Balaban J connectivity index is 1.80. The van der Waals surface area contributed by atoms with Crippen LogP contribution in [0.25, 0.3) is 0 Å². The van der Waals surface area contributed by atoms with Gasteiger partial charge in [-0.05, 0) is 5.56 Å². The zero-order chi connectivity index (χ0) is 12.3. The van der Waals surface area contributed by atoms with Crippen LogP contribution in [-0.2, 0) is 16.1 Å². The van der Waals surface area contributed by atoms with Crippen molar-refractivity contribution in [3.05, 3.63) is 35.9 Å². The van der Waals surface area contributed by atoms with Crippen molar-refractivity contribution in [2.75, 3.05) is 20.2 Å². The summed E-state index contributed by atoms with van der Waals surface area (Å²) in [6.07, 6.45) is 0.300.